The Morgan fingerprint density at radius 2 is 1.53 bits per heavy atom. The van der Waals surface area contributed by atoms with Crippen molar-refractivity contribution in [1.29, 1.82) is 0 Å². The maximum Gasteiger partial charge on any atom is 1.00 e. The Labute approximate surface area is 262 Å². The summed E-state index contributed by atoms with van der Waals surface area (Å²) in [6, 6.07) is 15.3. The molecule has 0 saturated heterocycles. The van der Waals surface area contributed by atoms with Crippen molar-refractivity contribution in [3.63, 3.8) is 0 Å². The van der Waals surface area contributed by atoms with Crippen LogP contribution in [0.25, 0.3) is 11.1 Å². The standard InChI is InChI=1S/C23H24NO4.2K/c1-3-15(25)13-21(22(26)4-2)24-23(27)28-14-20-18-11-7-5-9-16(18)17-10-6-8-12-19(17)20;;/h5-12,20-21H,1,3-4,13-14H2,2H3,(H,24,27);;/q-1;2*+1. The number of rotatable bonds is 8. The van der Waals surface area contributed by atoms with E-state index in [1.165, 1.54) is 0 Å². The minimum Gasteiger partial charge on any atom is -0.449 e. The third kappa shape index (κ3) is 6.91. The minimum absolute atomic E-state index is 0. The first-order valence-electron chi connectivity index (χ1n) is 9.50. The van der Waals surface area contributed by atoms with Gasteiger partial charge in [-0.15, -0.1) is 6.42 Å². The zero-order valence-electron chi connectivity index (χ0n) is 17.9. The van der Waals surface area contributed by atoms with Gasteiger partial charge < -0.3 is 21.8 Å². The van der Waals surface area contributed by atoms with Crippen molar-refractivity contribution in [3.05, 3.63) is 66.6 Å². The summed E-state index contributed by atoms with van der Waals surface area (Å²) in [6.45, 7) is 5.39. The van der Waals surface area contributed by atoms with Crippen LogP contribution in [0.2, 0.25) is 0 Å². The van der Waals surface area contributed by atoms with Crippen molar-refractivity contribution in [3.8, 4) is 11.1 Å². The molecule has 146 valence electrons. The monoisotopic (exact) mass is 456 g/mol. The molecule has 2 aromatic carbocycles. The Morgan fingerprint density at radius 3 is 2.03 bits per heavy atom. The first kappa shape index (κ1) is 28.4. The molecule has 0 aliphatic heterocycles. The summed E-state index contributed by atoms with van der Waals surface area (Å²) in [5.74, 6) is -0.430. The van der Waals surface area contributed by atoms with Crippen molar-refractivity contribution in [2.75, 3.05) is 6.61 Å². The number of nitrogens with one attached hydrogen (secondary N) is 1. The van der Waals surface area contributed by atoms with Crippen molar-refractivity contribution in [1.82, 2.24) is 5.32 Å². The van der Waals surface area contributed by atoms with Crippen LogP contribution in [0.1, 0.15) is 43.2 Å². The number of hydrogen-bond acceptors (Lipinski definition) is 4. The number of carbonyl (C=O) groups is 3. The molecule has 1 unspecified atom stereocenters. The molecule has 1 atom stereocenters. The van der Waals surface area contributed by atoms with E-state index in [1.54, 1.807) is 6.92 Å². The molecule has 3 rings (SSSR count). The van der Waals surface area contributed by atoms with E-state index in [0.717, 1.165) is 22.3 Å². The zero-order valence-corrected chi connectivity index (χ0v) is 24.2. The number of hydrogen-bond donors (Lipinski definition) is 1. The molecular weight excluding hydrogens is 432 g/mol. The largest absolute Gasteiger partial charge is 1.00 e. The maximum atomic E-state index is 12.3. The van der Waals surface area contributed by atoms with E-state index in [0.29, 0.717) is 0 Å². The van der Waals surface area contributed by atoms with Gasteiger partial charge in [-0.2, -0.15) is 0 Å². The van der Waals surface area contributed by atoms with E-state index >= 15 is 0 Å². The molecule has 1 amide bonds. The molecule has 2 aromatic rings. The van der Waals surface area contributed by atoms with Crippen molar-refractivity contribution >= 4 is 17.7 Å². The molecule has 1 aliphatic rings. The quantitative estimate of drug-likeness (QED) is 0.371. The van der Waals surface area contributed by atoms with Crippen LogP contribution in [0.5, 0.6) is 0 Å². The van der Waals surface area contributed by atoms with Crippen LogP contribution in [0.15, 0.2) is 48.5 Å². The summed E-state index contributed by atoms with van der Waals surface area (Å²) in [7, 11) is 0. The number of carbonyl (C=O) groups excluding carboxylic acids is 3. The van der Waals surface area contributed by atoms with Gasteiger partial charge in [-0.25, -0.2) is 4.79 Å². The molecule has 0 radical (unpaired) electrons. The van der Waals surface area contributed by atoms with Gasteiger partial charge in [0, 0.05) is 18.8 Å². The molecule has 0 heterocycles. The van der Waals surface area contributed by atoms with Crippen LogP contribution in [0.4, 0.5) is 4.79 Å². The van der Waals surface area contributed by atoms with Crippen LogP contribution in [-0.2, 0) is 14.3 Å². The first-order valence-corrected chi connectivity index (χ1v) is 9.50. The Kier molecular flexibility index (Phi) is 13.0. The summed E-state index contributed by atoms with van der Waals surface area (Å²) in [6.07, 6.45) is -0.426. The van der Waals surface area contributed by atoms with Gasteiger partial charge >= 0.3 is 109 Å². The number of amides is 1. The van der Waals surface area contributed by atoms with Gasteiger partial charge in [-0.1, -0.05) is 55.5 Å². The second-order valence-electron chi connectivity index (χ2n) is 6.84. The van der Waals surface area contributed by atoms with Crippen molar-refractivity contribution in [2.45, 2.75) is 38.1 Å². The van der Waals surface area contributed by atoms with Gasteiger partial charge in [0.1, 0.15) is 12.4 Å². The van der Waals surface area contributed by atoms with Gasteiger partial charge in [0.25, 0.3) is 0 Å². The van der Waals surface area contributed by atoms with Gasteiger partial charge in [0.05, 0.1) is 6.04 Å². The smallest absolute Gasteiger partial charge is 0.449 e. The van der Waals surface area contributed by atoms with Crippen LogP contribution in [-0.4, -0.2) is 30.3 Å². The summed E-state index contributed by atoms with van der Waals surface area (Å²) >= 11 is 0. The van der Waals surface area contributed by atoms with E-state index in [2.05, 4.69) is 24.4 Å². The predicted octanol–water partition coefficient (Wildman–Crippen LogP) is -1.94. The third-order valence-corrected chi connectivity index (χ3v) is 5.08. The Bertz CT molecular complexity index is 855. The second-order valence-corrected chi connectivity index (χ2v) is 6.84. The average molecular weight is 457 g/mol. The fraction of sp³-hybridized carbons (Fsp3) is 0.304. The van der Waals surface area contributed by atoms with Crippen LogP contribution >= 0.6 is 0 Å². The van der Waals surface area contributed by atoms with Crippen molar-refractivity contribution < 1.29 is 122 Å². The molecule has 5 nitrogen and oxygen atoms in total. The fourth-order valence-electron chi connectivity index (χ4n) is 3.60. The Balaban J connectivity index is 0.00000225. The Hall–Kier alpha value is 0.323. The summed E-state index contributed by atoms with van der Waals surface area (Å²) in [5, 5.41) is 2.55. The number of fused-ring (bicyclic) bond motifs is 3. The number of ether oxygens (including phenoxy) is 1. The molecule has 30 heavy (non-hydrogen) atoms. The predicted molar refractivity (Wildman–Crippen MR) is 107 cm³/mol. The number of alkyl carbamates (subject to hydrolysis) is 1. The van der Waals surface area contributed by atoms with Gasteiger partial charge in [0.15, 0.2) is 5.78 Å². The average Bonchev–Trinajstić information content (AvgIpc) is 3.05. The molecular formula is C23H24K2NO4+. The topological polar surface area (TPSA) is 72.5 Å². The van der Waals surface area contributed by atoms with Gasteiger partial charge in [-0.05, 0) is 22.3 Å². The summed E-state index contributed by atoms with van der Waals surface area (Å²) in [5.41, 5.74) is 4.52. The van der Waals surface area contributed by atoms with Crippen LogP contribution in [0.3, 0.4) is 0 Å². The van der Waals surface area contributed by atoms with Gasteiger partial charge in [-0.3, -0.25) is 4.79 Å². The molecule has 0 spiro atoms. The summed E-state index contributed by atoms with van der Waals surface area (Å²) < 4.78 is 5.45. The normalized spacial score (nSPS) is 12.5. The SMILES string of the molecule is [CH2-]CC(=O)CC(NC(=O)OCC1c2ccccc2-c2ccccc21)C(=O)CC.[K+].[K+]. The third-order valence-electron chi connectivity index (χ3n) is 5.08. The van der Waals surface area contributed by atoms with E-state index < -0.39 is 12.1 Å². The number of ketones is 2. The van der Waals surface area contributed by atoms with E-state index in [1.807, 2.05) is 36.4 Å². The van der Waals surface area contributed by atoms with Gasteiger partial charge in [0.2, 0.25) is 0 Å². The first-order chi connectivity index (χ1) is 13.5. The molecule has 0 bridgehead atoms. The second kappa shape index (κ2) is 13.8. The Morgan fingerprint density at radius 1 is 1.00 bits per heavy atom. The fourth-order valence-corrected chi connectivity index (χ4v) is 3.60. The minimum atomic E-state index is -0.866. The number of benzene rings is 2. The van der Waals surface area contributed by atoms with E-state index in [9.17, 15) is 14.4 Å². The summed E-state index contributed by atoms with van der Waals surface area (Å²) in [4.78, 5) is 36.0. The van der Waals surface area contributed by atoms with E-state index in [-0.39, 0.29) is 146 Å². The van der Waals surface area contributed by atoms with E-state index in [4.69, 9.17) is 4.74 Å². The molecule has 0 aromatic heterocycles. The number of Topliss-reactive ketones (excluding diaryl/α,β-unsaturated/α-hetero) is 2. The molecule has 1 N–H and O–H groups in total. The van der Waals surface area contributed by atoms with Crippen molar-refractivity contribution in [2.24, 2.45) is 0 Å². The van der Waals surface area contributed by atoms with Crippen LogP contribution in [0, 0.1) is 6.92 Å². The molecule has 7 heteroatoms. The van der Waals surface area contributed by atoms with Crippen LogP contribution < -0.4 is 108 Å². The zero-order chi connectivity index (χ0) is 20.1. The maximum absolute atomic E-state index is 12.3. The molecule has 0 fully saturated rings. The molecule has 0 saturated carbocycles. The molecule has 1 aliphatic carbocycles.